The quantitative estimate of drug-likeness (QED) is 0.863. The van der Waals surface area contributed by atoms with Crippen LogP contribution in [0.2, 0.25) is 0 Å². The first-order chi connectivity index (χ1) is 11.2. The lowest BCUT2D eigenvalue weighted by Crippen LogP contribution is -2.32. The Hall–Kier alpha value is -2.09. The summed E-state index contributed by atoms with van der Waals surface area (Å²) < 4.78 is 11.0. The average molecular weight is 338 g/mol. The normalized spacial score (nSPS) is 18.5. The molecule has 2 amide bonds. The van der Waals surface area contributed by atoms with Gasteiger partial charge in [0.25, 0.3) is 5.91 Å². The van der Waals surface area contributed by atoms with Crippen molar-refractivity contribution in [1.29, 1.82) is 0 Å². The molecule has 1 aliphatic heterocycles. The van der Waals surface area contributed by atoms with Gasteiger partial charge in [-0.15, -0.1) is 0 Å². The van der Waals surface area contributed by atoms with E-state index in [1.807, 2.05) is 7.05 Å². The fraction of sp³-hybridized carbons (Fsp3) is 0.688. The highest BCUT2D eigenvalue weighted by Gasteiger charge is 2.29. The largest absolute Gasteiger partial charge is 0.444 e. The van der Waals surface area contributed by atoms with Crippen LogP contribution in [-0.2, 0) is 11.3 Å². The molecule has 0 saturated carbocycles. The number of alkyl carbamates (subject to hydrolysis) is 1. The number of nitrogens with one attached hydrogen (secondary N) is 2. The zero-order chi connectivity index (χ0) is 17.9. The van der Waals surface area contributed by atoms with E-state index in [0.29, 0.717) is 11.7 Å². The van der Waals surface area contributed by atoms with E-state index in [1.54, 1.807) is 20.8 Å². The smallest absolute Gasteiger partial charge is 0.408 e. The molecule has 1 fully saturated rings. The minimum Gasteiger partial charge on any atom is -0.444 e. The van der Waals surface area contributed by atoms with E-state index < -0.39 is 11.7 Å². The molecule has 1 aliphatic rings. The molecule has 0 radical (unpaired) electrons. The molecule has 0 spiro atoms. The lowest BCUT2D eigenvalue weighted by molar-refractivity contribution is 0.0518. The third kappa shape index (κ3) is 4.70. The number of likely N-dealkylation sites (N-methyl/N-ethyl adjacent to an activating group) is 1. The first-order valence-electron chi connectivity index (χ1n) is 8.06. The summed E-state index contributed by atoms with van der Waals surface area (Å²) in [5.74, 6) is 0.703. The molecule has 1 unspecified atom stereocenters. The molecule has 0 bridgehead atoms. The van der Waals surface area contributed by atoms with Crippen LogP contribution in [0, 0.1) is 0 Å². The van der Waals surface area contributed by atoms with E-state index >= 15 is 0 Å². The van der Waals surface area contributed by atoms with Crippen molar-refractivity contribution < 1.29 is 18.7 Å². The number of amides is 2. The monoisotopic (exact) mass is 338 g/mol. The van der Waals surface area contributed by atoms with Crippen LogP contribution in [0.1, 0.15) is 55.2 Å². The van der Waals surface area contributed by atoms with Crippen molar-refractivity contribution in [2.45, 2.75) is 45.3 Å². The van der Waals surface area contributed by atoms with Gasteiger partial charge in [0.05, 0.1) is 6.54 Å². The Morgan fingerprint density at radius 1 is 1.42 bits per heavy atom. The topological polar surface area (TPSA) is 96.7 Å². The van der Waals surface area contributed by atoms with Crippen LogP contribution in [0.4, 0.5) is 4.79 Å². The molecule has 8 heteroatoms. The van der Waals surface area contributed by atoms with Gasteiger partial charge in [0.15, 0.2) is 17.3 Å². The van der Waals surface area contributed by atoms with E-state index in [0.717, 1.165) is 19.5 Å². The first kappa shape index (κ1) is 18.3. The third-order valence-corrected chi connectivity index (χ3v) is 3.69. The van der Waals surface area contributed by atoms with Crippen molar-refractivity contribution >= 4 is 12.0 Å². The fourth-order valence-corrected chi connectivity index (χ4v) is 2.56. The SMILES string of the molecule is CNC(=O)c1nc(C2CCN(C)C2)oc1CNC(=O)OC(C)(C)C. The number of aromatic nitrogens is 1. The second-order valence-electron chi connectivity index (χ2n) is 7.01. The van der Waals surface area contributed by atoms with Gasteiger partial charge >= 0.3 is 6.09 Å². The number of hydrogen-bond donors (Lipinski definition) is 2. The van der Waals surface area contributed by atoms with Gasteiger partial charge in [-0.05, 0) is 40.8 Å². The van der Waals surface area contributed by atoms with Crippen molar-refractivity contribution in [3.8, 4) is 0 Å². The molecule has 8 nitrogen and oxygen atoms in total. The molecule has 1 atom stereocenters. The van der Waals surface area contributed by atoms with Gasteiger partial charge in [0, 0.05) is 19.5 Å². The Balaban J connectivity index is 2.11. The molecule has 1 aromatic rings. The molecule has 2 N–H and O–H groups in total. The number of nitrogens with zero attached hydrogens (tertiary/aromatic N) is 2. The van der Waals surface area contributed by atoms with Gasteiger partial charge in [0.2, 0.25) is 0 Å². The predicted molar refractivity (Wildman–Crippen MR) is 87.8 cm³/mol. The van der Waals surface area contributed by atoms with Gasteiger partial charge in [-0.2, -0.15) is 0 Å². The number of rotatable bonds is 4. The van der Waals surface area contributed by atoms with Gasteiger partial charge in [-0.25, -0.2) is 9.78 Å². The fourth-order valence-electron chi connectivity index (χ4n) is 2.56. The average Bonchev–Trinajstić information content (AvgIpc) is 3.08. The lowest BCUT2D eigenvalue weighted by Gasteiger charge is -2.19. The zero-order valence-electron chi connectivity index (χ0n) is 14.9. The minimum atomic E-state index is -0.589. The predicted octanol–water partition coefficient (Wildman–Crippen LogP) is 1.48. The summed E-state index contributed by atoms with van der Waals surface area (Å²) in [5.41, 5.74) is -0.382. The summed E-state index contributed by atoms with van der Waals surface area (Å²) in [6.45, 7) is 7.21. The van der Waals surface area contributed by atoms with Crippen molar-refractivity contribution in [2.24, 2.45) is 0 Å². The van der Waals surface area contributed by atoms with Crippen molar-refractivity contribution in [2.75, 3.05) is 27.2 Å². The van der Waals surface area contributed by atoms with Crippen molar-refractivity contribution in [3.63, 3.8) is 0 Å². The Kier molecular flexibility index (Phi) is 5.48. The van der Waals surface area contributed by atoms with Crippen LogP contribution in [0.5, 0.6) is 0 Å². The number of carbonyl (C=O) groups is 2. The third-order valence-electron chi connectivity index (χ3n) is 3.69. The number of ether oxygens (including phenoxy) is 1. The second kappa shape index (κ2) is 7.21. The van der Waals surface area contributed by atoms with Gasteiger partial charge in [-0.1, -0.05) is 0 Å². The first-order valence-corrected chi connectivity index (χ1v) is 8.06. The van der Waals surface area contributed by atoms with Crippen LogP contribution in [-0.4, -0.2) is 54.7 Å². The highest BCUT2D eigenvalue weighted by atomic mass is 16.6. The highest BCUT2D eigenvalue weighted by Crippen LogP contribution is 2.27. The molecular formula is C16H26N4O4. The Morgan fingerprint density at radius 3 is 2.67 bits per heavy atom. The van der Waals surface area contributed by atoms with Crippen LogP contribution >= 0.6 is 0 Å². The number of carbonyl (C=O) groups excluding carboxylic acids is 2. The van der Waals surface area contributed by atoms with E-state index in [1.165, 1.54) is 7.05 Å². The molecular weight excluding hydrogens is 312 g/mol. The highest BCUT2D eigenvalue weighted by molar-refractivity contribution is 5.93. The zero-order valence-corrected chi connectivity index (χ0v) is 14.9. The summed E-state index contributed by atoms with van der Waals surface area (Å²) in [4.78, 5) is 30.3. The summed E-state index contributed by atoms with van der Waals surface area (Å²) in [5, 5.41) is 5.15. The standard InChI is InChI=1S/C16H26N4O4/c1-16(2,3)24-15(22)18-8-11-12(13(21)17-4)19-14(23-11)10-6-7-20(5)9-10/h10H,6-9H2,1-5H3,(H,17,21)(H,18,22). The van der Waals surface area contributed by atoms with Crippen molar-refractivity contribution in [1.82, 2.24) is 20.5 Å². The molecule has 2 rings (SSSR count). The molecule has 2 heterocycles. The summed E-state index contributed by atoms with van der Waals surface area (Å²) in [6.07, 6.45) is 0.368. The van der Waals surface area contributed by atoms with Crippen LogP contribution in [0.3, 0.4) is 0 Å². The summed E-state index contributed by atoms with van der Waals surface area (Å²) in [6, 6.07) is 0. The number of hydrogen-bond acceptors (Lipinski definition) is 6. The molecule has 24 heavy (non-hydrogen) atoms. The van der Waals surface area contributed by atoms with Gasteiger partial charge < -0.3 is 24.7 Å². The molecule has 1 aromatic heterocycles. The maximum absolute atomic E-state index is 12.0. The van der Waals surface area contributed by atoms with Crippen LogP contribution in [0.15, 0.2) is 4.42 Å². The van der Waals surface area contributed by atoms with E-state index in [4.69, 9.17) is 9.15 Å². The molecule has 134 valence electrons. The van der Waals surface area contributed by atoms with E-state index in [9.17, 15) is 9.59 Å². The maximum atomic E-state index is 12.0. The second-order valence-corrected chi connectivity index (χ2v) is 7.01. The molecule has 1 saturated heterocycles. The lowest BCUT2D eigenvalue weighted by atomic mass is 10.1. The Labute approximate surface area is 141 Å². The Bertz CT molecular complexity index is 606. The van der Waals surface area contributed by atoms with Gasteiger partial charge in [0.1, 0.15) is 5.60 Å². The minimum absolute atomic E-state index is 0.0488. The number of likely N-dealkylation sites (tertiary alicyclic amines) is 1. The maximum Gasteiger partial charge on any atom is 0.408 e. The summed E-state index contributed by atoms with van der Waals surface area (Å²) in [7, 11) is 3.57. The summed E-state index contributed by atoms with van der Waals surface area (Å²) >= 11 is 0. The van der Waals surface area contributed by atoms with E-state index in [-0.39, 0.29) is 24.1 Å². The van der Waals surface area contributed by atoms with Crippen molar-refractivity contribution in [3.05, 3.63) is 17.3 Å². The Morgan fingerprint density at radius 2 is 2.12 bits per heavy atom. The van der Waals surface area contributed by atoms with Gasteiger partial charge in [-0.3, -0.25) is 4.79 Å². The van der Waals surface area contributed by atoms with Crippen LogP contribution in [0.25, 0.3) is 0 Å². The molecule has 0 aromatic carbocycles. The van der Waals surface area contributed by atoms with E-state index in [2.05, 4.69) is 20.5 Å². The number of oxazole rings is 1. The van der Waals surface area contributed by atoms with Crippen LogP contribution < -0.4 is 10.6 Å². The molecule has 0 aliphatic carbocycles.